The van der Waals surface area contributed by atoms with Gasteiger partial charge in [-0.25, -0.2) is 0 Å². The maximum absolute atomic E-state index is 5.29. The summed E-state index contributed by atoms with van der Waals surface area (Å²) in [5.74, 6) is 0. The Labute approximate surface area is 117 Å². The number of unbranched alkanes of at least 4 members (excludes halogenated alkanes) is 1. The molecule has 5 heteroatoms. The molecule has 0 N–H and O–H groups in total. The van der Waals surface area contributed by atoms with Gasteiger partial charge in [0.15, 0.2) is 0 Å². The molecule has 0 aromatic heterocycles. The Balaban J connectivity index is -0.000000500. The maximum Gasteiger partial charge on any atom is 0.220 e. The average Bonchev–Trinajstić information content (AvgIpc) is 1.86. The first-order chi connectivity index (χ1) is 5.16. The van der Waals surface area contributed by atoms with Crippen molar-refractivity contribution in [2.24, 2.45) is 0 Å². The minimum atomic E-state index is 0. The summed E-state index contributed by atoms with van der Waals surface area (Å²) in [5.41, 5.74) is 0. The number of hydrogen-bond donors (Lipinski definition) is 0. The summed E-state index contributed by atoms with van der Waals surface area (Å²) >= 11 is 6.60. The predicted octanol–water partition coefficient (Wildman–Crippen LogP) is 3.22. The molecule has 0 heterocycles. The standard InChI is InChI=1S/C8H16OS2.2Zn/c1-4-5-6-9-8(10)11-7(2)3;;/h7H,4-6H2,1-3H3;;. The second kappa shape index (κ2) is 13.5. The van der Waals surface area contributed by atoms with Crippen LogP contribution in [0.2, 0.25) is 0 Å². The van der Waals surface area contributed by atoms with Crippen molar-refractivity contribution in [2.45, 2.75) is 38.9 Å². The molecule has 0 aromatic carbocycles. The molecule has 0 spiro atoms. The fraction of sp³-hybridized carbons (Fsp3) is 0.875. The van der Waals surface area contributed by atoms with Crippen LogP contribution in [0.15, 0.2) is 0 Å². The molecule has 70 valence electrons. The first kappa shape index (κ1) is 20.0. The number of hydrogen-bond acceptors (Lipinski definition) is 3. The van der Waals surface area contributed by atoms with Crippen LogP contribution < -0.4 is 0 Å². The molecular weight excluding hydrogens is 307 g/mol. The molecule has 0 saturated heterocycles. The van der Waals surface area contributed by atoms with Crippen molar-refractivity contribution in [2.75, 3.05) is 6.61 Å². The van der Waals surface area contributed by atoms with Gasteiger partial charge in [-0.3, -0.25) is 0 Å². The molecular formula is C8H16OS2Zn2. The Morgan fingerprint density at radius 2 is 1.92 bits per heavy atom. The summed E-state index contributed by atoms with van der Waals surface area (Å²) in [7, 11) is 0. The van der Waals surface area contributed by atoms with Crippen molar-refractivity contribution in [3.8, 4) is 0 Å². The predicted molar refractivity (Wildman–Crippen MR) is 56.2 cm³/mol. The maximum atomic E-state index is 5.29. The second-order valence-corrected chi connectivity index (χ2v) is 4.80. The molecule has 0 atom stereocenters. The molecule has 13 heavy (non-hydrogen) atoms. The molecule has 0 bridgehead atoms. The molecule has 0 aromatic rings. The van der Waals surface area contributed by atoms with E-state index in [-0.39, 0.29) is 39.0 Å². The van der Waals surface area contributed by atoms with E-state index in [1.807, 2.05) is 0 Å². The molecule has 0 rings (SSSR count). The van der Waals surface area contributed by atoms with Crippen LogP contribution in [0.3, 0.4) is 0 Å². The third-order valence-electron chi connectivity index (χ3n) is 1.05. The summed E-state index contributed by atoms with van der Waals surface area (Å²) in [6.07, 6.45) is 2.26. The van der Waals surface area contributed by atoms with Gasteiger partial charge in [0.05, 0.1) is 6.61 Å². The Kier molecular flexibility index (Phi) is 20.7. The molecule has 0 fully saturated rings. The fourth-order valence-corrected chi connectivity index (χ4v) is 1.72. The summed E-state index contributed by atoms with van der Waals surface area (Å²) in [6, 6.07) is 0. The van der Waals surface area contributed by atoms with Crippen LogP contribution in [0, 0.1) is 0 Å². The van der Waals surface area contributed by atoms with Gasteiger partial charge in [-0.05, 0) is 18.6 Å². The first-order valence-corrected chi connectivity index (χ1v) is 5.29. The van der Waals surface area contributed by atoms with Crippen LogP contribution in [-0.4, -0.2) is 16.2 Å². The van der Waals surface area contributed by atoms with E-state index in [1.165, 1.54) is 0 Å². The fourth-order valence-electron chi connectivity index (χ4n) is 0.526. The van der Waals surface area contributed by atoms with E-state index in [4.69, 9.17) is 17.0 Å². The molecule has 0 unspecified atom stereocenters. The van der Waals surface area contributed by atoms with Gasteiger partial charge in [0.2, 0.25) is 4.38 Å². The van der Waals surface area contributed by atoms with Crippen LogP contribution in [0.25, 0.3) is 0 Å². The van der Waals surface area contributed by atoms with E-state index in [9.17, 15) is 0 Å². The van der Waals surface area contributed by atoms with Gasteiger partial charge < -0.3 is 4.74 Å². The Morgan fingerprint density at radius 3 is 2.31 bits per heavy atom. The topological polar surface area (TPSA) is 9.23 Å². The van der Waals surface area contributed by atoms with Crippen molar-refractivity contribution >= 4 is 28.4 Å². The summed E-state index contributed by atoms with van der Waals surface area (Å²) in [5, 5.41) is 0.532. The number of ether oxygens (including phenoxy) is 1. The van der Waals surface area contributed by atoms with Crippen LogP contribution in [0.5, 0.6) is 0 Å². The summed E-state index contributed by atoms with van der Waals surface area (Å²) in [6.45, 7) is 7.14. The number of thioether (sulfide) groups is 1. The molecule has 0 aliphatic carbocycles. The van der Waals surface area contributed by atoms with Gasteiger partial charge in [0.25, 0.3) is 0 Å². The zero-order valence-electron chi connectivity index (χ0n) is 8.84. The van der Waals surface area contributed by atoms with E-state index in [1.54, 1.807) is 11.8 Å². The summed E-state index contributed by atoms with van der Waals surface area (Å²) in [4.78, 5) is 0. The minimum absolute atomic E-state index is 0. The second-order valence-electron chi connectivity index (χ2n) is 2.62. The van der Waals surface area contributed by atoms with Gasteiger partial charge in [-0.1, -0.05) is 39.0 Å². The third kappa shape index (κ3) is 16.2. The average molecular weight is 323 g/mol. The largest absolute Gasteiger partial charge is 0.479 e. The molecule has 0 radical (unpaired) electrons. The van der Waals surface area contributed by atoms with E-state index in [0.717, 1.165) is 19.4 Å². The van der Waals surface area contributed by atoms with Crippen molar-refractivity contribution < 1.29 is 43.7 Å². The molecule has 0 amide bonds. The SMILES string of the molecule is CCCCOC(=S)SC(C)C.[Zn].[Zn]. The van der Waals surface area contributed by atoms with E-state index in [0.29, 0.717) is 9.63 Å². The Bertz CT molecular complexity index is 121. The van der Waals surface area contributed by atoms with Gasteiger partial charge in [-0.2, -0.15) is 0 Å². The van der Waals surface area contributed by atoms with E-state index < -0.39 is 0 Å². The van der Waals surface area contributed by atoms with Crippen molar-refractivity contribution in [1.82, 2.24) is 0 Å². The Hall–Kier alpha value is 1.49. The van der Waals surface area contributed by atoms with Gasteiger partial charge in [0.1, 0.15) is 0 Å². The molecule has 0 saturated carbocycles. The van der Waals surface area contributed by atoms with Gasteiger partial charge in [0, 0.05) is 44.2 Å². The van der Waals surface area contributed by atoms with Crippen molar-refractivity contribution in [3.05, 3.63) is 0 Å². The molecule has 0 aliphatic rings. The smallest absolute Gasteiger partial charge is 0.220 e. The third-order valence-corrected chi connectivity index (χ3v) is 2.24. The first-order valence-electron chi connectivity index (χ1n) is 4.00. The quantitative estimate of drug-likeness (QED) is 0.447. The zero-order chi connectivity index (χ0) is 8.69. The van der Waals surface area contributed by atoms with E-state index >= 15 is 0 Å². The molecule has 0 aliphatic heterocycles. The van der Waals surface area contributed by atoms with Gasteiger partial charge >= 0.3 is 0 Å². The monoisotopic (exact) mass is 320 g/mol. The zero-order valence-corrected chi connectivity index (χ0v) is 16.4. The van der Waals surface area contributed by atoms with Gasteiger partial charge in [-0.15, -0.1) is 0 Å². The number of thiocarbonyl (C=S) groups is 1. The number of rotatable bonds is 4. The van der Waals surface area contributed by atoms with E-state index in [2.05, 4.69) is 20.8 Å². The van der Waals surface area contributed by atoms with Crippen molar-refractivity contribution in [1.29, 1.82) is 0 Å². The van der Waals surface area contributed by atoms with Crippen LogP contribution in [0.4, 0.5) is 0 Å². The van der Waals surface area contributed by atoms with Crippen LogP contribution in [0.1, 0.15) is 33.6 Å². The van der Waals surface area contributed by atoms with Crippen LogP contribution >= 0.6 is 24.0 Å². The minimum Gasteiger partial charge on any atom is -0.479 e. The molecule has 1 nitrogen and oxygen atoms in total. The normalized spacial score (nSPS) is 8.62. The Morgan fingerprint density at radius 1 is 1.38 bits per heavy atom. The summed E-state index contributed by atoms with van der Waals surface area (Å²) < 4.78 is 5.98. The van der Waals surface area contributed by atoms with Crippen molar-refractivity contribution in [3.63, 3.8) is 0 Å². The van der Waals surface area contributed by atoms with Crippen LogP contribution in [-0.2, 0) is 43.7 Å².